The van der Waals surface area contributed by atoms with E-state index in [0.29, 0.717) is 5.95 Å². The molecule has 2 N–H and O–H groups in total. The topological polar surface area (TPSA) is 82.1 Å². The van der Waals surface area contributed by atoms with E-state index >= 15 is 0 Å². The van der Waals surface area contributed by atoms with Crippen molar-refractivity contribution in [1.82, 2.24) is 19.9 Å². The Morgan fingerprint density at radius 2 is 1.79 bits per heavy atom. The summed E-state index contributed by atoms with van der Waals surface area (Å²) in [5, 5.41) is 5.57. The molecule has 4 aromatic rings. The van der Waals surface area contributed by atoms with Gasteiger partial charge in [-0.2, -0.15) is 20.1 Å². The van der Waals surface area contributed by atoms with Gasteiger partial charge < -0.3 is 9.88 Å². The van der Waals surface area contributed by atoms with Gasteiger partial charge in [0.05, 0.1) is 6.21 Å². The molecule has 0 amide bonds. The minimum atomic E-state index is 0.497. The molecule has 1 saturated heterocycles. The van der Waals surface area contributed by atoms with E-state index in [4.69, 9.17) is 4.98 Å². The lowest BCUT2D eigenvalue weighted by molar-refractivity contribution is 0.565. The zero-order valence-corrected chi connectivity index (χ0v) is 19.7. The number of H-pyrrole nitrogens is 1. The highest BCUT2D eigenvalue weighted by Crippen LogP contribution is 2.19. The lowest BCUT2D eigenvalue weighted by Gasteiger charge is -2.26. The second-order valence-corrected chi connectivity index (χ2v) is 8.92. The zero-order valence-electron chi connectivity index (χ0n) is 19.7. The van der Waals surface area contributed by atoms with Crippen molar-refractivity contribution in [2.45, 2.75) is 45.4 Å². The first-order valence-electron chi connectivity index (χ1n) is 12.2. The number of rotatable bonds is 8. The molecule has 0 spiro atoms. The number of fused-ring (bicyclic) bond motifs is 1. The van der Waals surface area contributed by atoms with Crippen LogP contribution in [0.4, 0.5) is 11.9 Å². The molecule has 0 bridgehead atoms. The fourth-order valence-electron chi connectivity index (χ4n) is 4.37. The molecule has 7 nitrogen and oxygen atoms in total. The van der Waals surface area contributed by atoms with E-state index < -0.39 is 0 Å². The SMILES string of the molecule is Cc1ccc(CCCc2nc(N/N=C/c3c[nH]c4ccccc34)nc(N3CCCCC3)n2)cc1. The van der Waals surface area contributed by atoms with Crippen molar-refractivity contribution >= 4 is 29.0 Å². The maximum atomic E-state index is 4.81. The predicted molar refractivity (Wildman–Crippen MR) is 139 cm³/mol. The second kappa shape index (κ2) is 10.5. The Kier molecular flexibility index (Phi) is 6.79. The molecule has 2 aromatic heterocycles. The van der Waals surface area contributed by atoms with Gasteiger partial charge in [0, 0.05) is 42.2 Å². The smallest absolute Gasteiger partial charge is 0.248 e. The monoisotopic (exact) mass is 453 g/mol. The van der Waals surface area contributed by atoms with E-state index in [1.165, 1.54) is 30.4 Å². The van der Waals surface area contributed by atoms with Crippen molar-refractivity contribution in [2.75, 3.05) is 23.4 Å². The molecule has 0 radical (unpaired) electrons. The first-order valence-corrected chi connectivity index (χ1v) is 12.2. The maximum Gasteiger partial charge on any atom is 0.248 e. The molecule has 7 heteroatoms. The van der Waals surface area contributed by atoms with E-state index in [9.17, 15) is 0 Å². The summed E-state index contributed by atoms with van der Waals surface area (Å²) < 4.78 is 0. The molecule has 34 heavy (non-hydrogen) atoms. The Bertz CT molecular complexity index is 1250. The van der Waals surface area contributed by atoms with Gasteiger partial charge in [-0.3, -0.25) is 0 Å². The largest absolute Gasteiger partial charge is 0.361 e. The number of para-hydroxylation sites is 1. The lowest BCUT2D eigenvalue weighted by Crippen LogP contribution is -2.31. The number of nitrogens with one attached hydrogen (secondary N) is 2. The van der Waals surface area contributed by atoms with Crippen molar-refractivity contribution in [3.05, 3.63) is 77.2 Å². The third-order valence-electron chi connectivity index (χ3n) is 6.28. The van der Waals surface area contributed by atoms with E-state index in [-0.39, 0.29) is 0 Å². The first-order chi connectivity index (χ1) is 16.7. The number of aryl methyl sites for hydroxylation is 3. The van der Waals surface area contributed by atoms with Gasteiger partial charge in [0.25, 0.3) is 0 Å². The number of hydrogen-bond donors (Lipinski definition) is 2. The van der Waals surface area contributed by atoms with Gasteiger partial charge in [-0.15, -0.1) is 0 Å². The second-order valence-electron chi connectivity index (χ2n) is 8.92. The molecule has 5 rings (SSSR count). The Hall–Kier alpha value is -3.74. The highest BCUT2D eigenvalue weighted by atomic mass is 15.4. The van der Waals surface area contributed by atoms with Crippen LogP contribution in [0.5, 0.6) is 0 Å². The third kappa shape index (κ3) is 5.42. The highest BCUT2D eigenvalue weighted by molar-refractivity contribution is 5.99. The number of aromatic amines is 1. The summed E-state index contributed by atoms with van der Waals surface area (Å²) in [7, 11) is 0. The van der Waals surface area contributed by atoms with Crippen LogP contribution in [0.2, 0.25) is 0 Å². The fraction of sp³-hybridized carbons (Fsp3) is 0.333. The quantitative estimate of drug-likeness (QED) is 0.280. The van der Waals surface area contributed by atoms with Crippen LogP contribution in [0.3, 0.4) is 0 Å². The molecule has 0 saturated carbocycles. The van der Waals surface area contributed by atoms with Crippen LogP contribution in [0, 0.1) is 6.92 Å². The third-order valence-corrected chi connectivity index (χ3v) is 6.28. The van der Waals surface area contributed by atoms with Crippen molar-refractivity contribution in [2.24, 2.45) is 5.10 Å². The van der Waals surface area contributed by atoms with Crippen molar-refractivity contribution in [1.29, 1.82) is 0 Å². The van der Waals surface area contributed by atoms with Crippen LogP contribution in [0.1, 0.15) is 48.2 Å². The molecule has 0 aliphatic carbocycles. The van der Waals surface area contributed by atoms with Crippen molar-refractivity contribution in [3.8, 4) is 0 Å². The molecule has 0 atom stereocenters. The van der Waals surface area contributed by atoms with Crippen molar-refractivity contribution in [3.63, 3.8) is 0 Å². The summed E-state index contributed by atoms with van der Waals surface area (Å²) in [6, 6.07) is 16.9. The summed E-state index contributed by atoms with van der Waals surface area (Å²) in [6.45, 7) is 4.10. The molecule has 174 valence electrons. The molecule has 1 aliphatic heterocycles. The van der Waals surface area contributed by atoms with E-state index in [2.05, 4.69) is 73.7 Å². The normalized spacial score (nSPS) is 14.2. The van der Waals surface area contributed by atoms with Gasteiger partial charge in [-0.1, -0.05) is 48.0 Å². The van der Waals surface area contributed by atoms with Gasteiger partial charge >= 0.3 is 0 Å². The minimum Gasteiger partial charge on any atom is -0.361 e. The molecule has 0 unspecified atom stereocenters. The summed E-state index contributed by atoms with van der Waals surface area (Å²) in [5.41, 5.74) is 7.79. The molecule has 2 aromatic carbocycles. The molecule has 3 heterocycles. The average Bonchev–Trinajstić information content (AvgIpc) is 3.29. The van der Waals surface area contributed by atoms with Crippen LogP contribution in [-0.4, -0.2) is 39.2 Å². The average molecular weight is 454 g/mol. The first kappa shape index (κ1) is 22.1. The minimum absolute atomic E-state index is 0.497. The number of piperidine rings is 1. The number of benzene rings is 2. The van der Waals surface area contributed by atoms with Crippen LogP contribution < -0.4 is 10.3 Å². The maximum absolute atomic E-state index is 4.81. The van der Waals surface area contributed by atoms with Gasteiger partial charge in [0.15, 0.2) is 0 Å². The Labute approximate surface area is 200 Å². The van der Waals surface area contributed by atoms with E-state index in [1.807, 2.05) is 18.3 Å². The zero-order chi connectivity index (χ0) is 23.2. The number of nitrogens with zero attached hydrogens (tertiary/aromatic N) is 5. The number of hydrogen-bond acceptors (Lipinski definition) is 6. The number of anilines is 2. The van der Waals surface area contributed by atoms with Gasteiger partial charge in [0.2, 0.25) is 11.9 Å². The standard InChI is InChI=1S/C27H31N7/c1-20-12-14-21(15-13-20)8-7-11-25-30-26(32-27(31-25)34-16-5-2-6-17-34)33-29-19-22-18-28-24-10-4-3-9-23(22)24/h3-4,9-10,12-15,18-19,28H,2,5-8,11,16-17H2,1H3,(H,30,31,32,33)/b29-19+. The molecular formula is C27H31N7. The highest BCUT2D eigenvalue weighted by Gasteiger charge is 2.16. The fourth-order valence-corrected chi connectivity index (χ4v) is 4.37. The van der Waals surface area contributed by atoms with Crippen LogP contribution in [0.15, 0.2) is 59.8 Å². The summed E-state index contributed by atoms with van der Waals surface area (Å²) in [5.74, 6) is 2.06. The van der Waals surface area contributed by atoms with Crippen LogP contribution >= 0.6 is 0 Å². The number of hydrazone groups is 1. The van der Waals surface area contributed by atoms with E-state index in [1.54, 1.807) is 6.21 Å². The Balaban J connectivity index is 1.31. The predicted octanol–water partition coefficient (Wildman–Crippen LogP) is 5.27. The molecule has 1 fully saturated rings. The number of aromatic nitrogens is 4. The van der Waals surface area contributed by atoms with E-state index in [0.717, 1.165) is 60.6 Å². The van der Waals surface area contributed by atoms with Crippen molar-refractivity contribution < 1.29 is 0 Å². The summed E-state index contributed by atoms with van der Waals surface area (Å²) in [4.78, 5) is 19.7. The van der Waals surface area contributed by atoms with Crippen LogP contribution in [0.25, 0.3) is 10.9 Å². The lowest BCUT2D eigenvalue weighted by atomic mass is 10.1. The molecule has 1 aliphatic rings. The van der Waals surface area contributed by atoms with Gasteiger partial charge in [0.1, 0.15) is 5.82 Å². The van der Waals surface area contributed by atoms with Gasteiger partial charge in [-0.05, 0) is 50.7 Å². The Morgan fingerprint density at radius 1 is 0.971 bits per heavy atom. The van der Waals surface area contributed by atoms with Gasteiger partial charge in [-0.25, -0.2) is 5.43 Å². The summed E-state index contributed by atoms with van der Waals surface area (Å²) in [6.07, 6.45) is 10.2. The molecular weight excluding hydrogens is 422 g/mol. The summed E-state index contributed by atoms with van der Waals surface area (Å²) >= 11 is 0. The van der Waals surface area contributed by atoms with Crippen LogP contribution in [-0.2, 0) is 12.8 Å². The Morgan fingerprint density at radius 3 is 2.65 bits per heavy atom.